The molecule has 1 aromatic carbocycles. The van der Waals surface area contributed by atoms with Gasteiger partial charge in [-0.05, 0) is 55.0 Å². The number of hydrogen-bond donors (Lipinski definition) is 2. The Bertz CT molecular complexity index is 986. The highest BCUT2D eigenvalue weighted by molar-refractivity contribution is 7.17. The van der Waals surface area contributed by atoms with Crippen LogP contribution in [0.2, 0.25) is 0 Å². The zero-order valence-corrected chi connectivity index (χ0v) is 19.4. The van der Waals surface area contributed by atoms with Crippen LogP contribution in [0.5, 0.6) is 5.75 Å². The van der Waals surface area contributed by atoms with Crippen molar-refractivity contribution in [2.75, 3.05) is 37.5 Å². The van der Waals surface area contributed by atoms with Gasteiger partial charge in [0.2, 0.25) is 11.8 Å². The second-order valence-corrected chi connectivity index (χ2v) is 9.04. The number of carbonyl (C=O) groups excluding carboxylic acids is 3. The molecule has 0 radical (unpaired) electrons. The first-order chi connectivity index (χ1) is 15.3. The first-order valence-electron chi connectivity index (χ1n) is 10.5. The van der Waals surface area contributed by atoms with E-state index in [4.69, 9.17) is 15.2 Å². The molecular formula is C23H29N3O5S. The van der Waals surface area contributed by atoms with Crippen LogP contribution in [0.4, 0.5) is 10.7 Å². The molecule has 0 fully saturated rings. The molecule has 1 atom stereocenters. The Morgan fingerprint density at radius 3 is 2.56 bits per heavy atom. The number of hydrogen-bond acceptors (Lipinski definition) is 7. The largest absolute Gasteiger partial charge is 0.497 e. The summed E-state index contributed by atoms with van der Waals surface area (Å²) in [6, 6.07) is 7.21. The Morgan fingerprint density at radius 2 is 1.94 bits per heavy atom. The van der Waals surface area contributed by atoms with Gasteiger partial charge in [0.15, 0.2) is 0 Å². The zero-order valence-electron chi connectivity index (χ0n) is 18.6. The lowest BCUT2D eigenvalue weighted by atomic mass is 9.88. The molecule has 32 heavy (non-hydrogen) atoms. The minimum Gasteiger partial charge on any atom is -0.497 e. The molecule has 0 aliphatic heterocycles. The molecule has 1 heterocycles. The molecule has 1 aromatic heterocycles. The van der Waals surface area contributed by atoms with E-state index in [2.05, 4.69) is 12.2 Å². The number of nitrogens with two attached hydrogens (primary N) is 1. The monoisotopic (exact) mass is 459 g/mol. The number of ether oxygens (including phenoxy) is 2. The van der Waals surface area contributed by atoms with Gasteiger partial charge in [0.1, 0.15) is 10.8 Å². The van der Waals surface area contributed by atoms with E-state index in [1.54, 1.807) is 24.1 Å². The maximum absolute atomic E-state index is 13.0. The fourth-order valence-electron chi connectivity index (χ4n) is 3.83. The van der Waals surface area contributed by atoms with E-state index in [0.717, 1.165) is 35.4 Å². The van der Waals surface area contributed by atoms with Crippen molar-refractivity contribution in [1.29, 1.82) is 0 Å². The zero-order chi connectivity index (χ0) is 23.3. The Hall–Kier alpha value is -3.07. The van der Waals surface area contributed by atoms with Crippen LogP contribution in [-0.4, -0.2) is 45.1 Å². The number of esters is 1. The van der Waals surface area contributed by atoms with Crippen molar-refractivity contribution in [1.82, 2.24) is 0 Å². The number of fused-ring (bicyclic) bond motifs is 1. The average Bonchev–Trinajstić information content (AvgIpc) is 3.12. The molecule has 0 saturated heterocycles. The van der Waals surface area contributed by atoms with Gasteiger partial charge in [0, 0.05) is 23.5 Å². The summed E-state index contributed by atoms with van der Waals surface area (Å²) in [6.07, 6.45) is 2.79. The Balaban J connectivity index is 1.80. The summed E-state index contributed by atoms with van der Waals surface area (Å²) in [5.41, 5.74) is 7.52. The van der Waals surface area contributed by atoms with E-state index in [0.29, 0.717) is 22.2 Å². The second kappa shape index (κ2) is 10.5. The molecule has 1 aliphatic rings. The molecule has 0 spiro atoms. The van der Waals surface area contributed by atoms with Crippen LogP contribution in [0, 0.1) is 5.92 Å². The molecule has 1 aliphatic carbocycles. The minimum absolute atomic E-state index is 0.000803. The summed E-state index contributed by atoms with van der Waals surface area (Å²) in [4.78, 5) is 39.7. The number of benzene rings is 1. The summed E-state index contributed by atoms with van der Waals surface area (Å²) < 4.78 is 10.2. The van der Waals surface area contributed by atoms with E-state index >= 15 is 0 Å². The van der Waals surface area contributed by atoms with Crippen LogP contribution >= 0.6 is 11.3 Å². The van der Waals surface area contributed by atoms with Crippen molar-refractivity contribution in [3.8, 4) is 5.75 Å². The summed E-state index contributed by atoms with van der Waals surface area (Å²) in [6.45, 7) is 2.47. The maximum atomic E-state index is 13.0. The lowest BCUT2D eigenvalue weighted by Gasteiger charge is -2.24. The van der Waals surface area contributed by atoms with Gasteiger partial charge in [-0.25, -0.2) is 4.79 Å². The van der Waals surface area contributed by atoms with Crippen LogP contribution in [0.3, 0.4) is 0 Å². The summed E-state index contributed by atoms with van der Waals surface area (Å²) in [5.74, 6) is 0.0517. The Kier molecular flexibility index (Phi) is 7.74. The molecular weight excluding hydrogens is 430 g/mol. The van der Waals surface area contributed by atoms with E-state index in [-0.39, 0.29) is 25.4 Å². The number of nitrogens with one attached hydrogen (secondary N) is 1. The predicted octanol–water partition coefficient (Wildman–Crippen LogP) is 2.99. The molecule has 0 saturated carbocycles. The van der Waals surface area contributed by atoms with Crippen molar-refractivity contribution in [2.24, 2.45) is 11.7 Å². The second-order valence-electron chi connectivity index (χ2n) is 7.93. The summed E-state index contributed by atoms with van der Waals surface area (Å²) in [5, 5.41) is 3.42. The highest BCUT2D eigenvalue weighted by atomic mass is 32.1. The fourth-order valence-corrected chi connectivity index (χ4v) is 5.25. The van der Waals surface area contributed by atoms with Crippen LogP contribution in [0.25, 0.3) is 0 Å². The van der Waals surface area contributed by atoms with Gasteiger partial charge in [-0.1, -0.05) is 6.92 Å². The first kappa shape index (κ1) is 23.6. The standard InChI is InChI=1S/C23H29N3O5S/c1-14-4-9-17-18(12-14)32-22(21(17)23(29)31-3)25-20(28)13-26(11-10-19(24)27)15-5-7-16(30-2)8-6-15/h5-8,14H,4,9-13H2,1-3H3,(H2,24,27)(H,25,28)/t14-/m0/s1. The summed E-state index contributed by atoms with van der Waals surface area (Å²) in [7, 11) is 2.92. The molecule has 3 rings (SSSR count). The van der Waals surface area contributed by atoms with Crippen LogP contribution in [0.15, 0.2) is 24.3 Å². The normalized spacial score (nSPS) is 14.9. The third kappa shape index (κ3) is 5.59. The molecule has 172 valence electrons. The third-order valence-corrected chi connectivity index (χ3v) is 6.72. The minimum atomic E-state index is -0.447. The van der Waals surface area contributed by atoms with Gasteiger partial charge in [-0.15, -0.1) is 11.3 Å². The van der Waals surface area contributed by atoms with Gasteiger partial charge in [-0.3, -0.25) is 9.59 Å². The van der Waals surface area contributed by atoms with Gasteiger partial charge in [0.05, 0.1) is 26.3 Å². The number of thiophene rings is 1. The lowest BCUT2D eigenvalue weighted by molar-refractivity contribution is -0.118. The van der Waals surface area contributed by atoms with Crippen LogP contribution < -0.4 is 20.7 Å². The third-order valence-electron chi connectivity index (χ3n) is 5.55. The molecule has 0 bridgehead atoms. The maximum Gasteiger partial charge on any atom is 0.341 e. The van der Waals surface area contributed by atoms with Gasteiger partial charge < -0.3 is 25.4 Å². The number of primary amides is 1. The Labute approximate surface area is 191 Å². The quantitative estimate of drug-likeness (QED) is 0.558. The number of rotatable bonds is 9. The van der Waals surface area contributed by atoms with Crippen LogP contribution in [0.1, 0.15) is 40.6 Å². The molecule has 0 unspecified atom stereocenters. The predicted molar refractivity (Wildman–Crippen MR) is 124 cm³/mol. The molecule has 9 heteroatoms. The highest BCUT2D eigenvalue weighted by Crippen LogP contribution is 2.40. The van der Waals surface area contributed by atoms with Gasteiger partial charge in [0.25, 0.3) is 0 Å². The molecule has 3 N–H and O–H groups in total. The van der Waals surface area contributed by atoms with E-state index in [1.165, 1.54) is 18.4 Å². The number of nitrogens with zero attached hydrogens (tertiary/aromatic N) is 1. The highest BCUT2D eigenvalue weighted by Gasteiger charge is 2.29. The van der Waals surface area contributed by atoms with Crippen molar-refractivity contribution in [2.45, 2.75) is 32.6 Å². The van der Waals surface area contributed by atoms with Gasteiger partial charge >= 0.3 is 5.97 Å². The SMILES string of the molecule is COC(=O)c1c(NC(=O)CN(CCC(N)=O)c2ccc(OC)cc2)sc2c1CC[C@H](C)C2. The first-order valence-corrected chi connectivity index (χ1v) is 11.3. The number of methoxy groups -OCH3 is 2. The van der Waals surface area contributed by atoms with E-state index < -0.39 is 11.9 Å². The molecule has 2 amide bonds. The fraction of sp³-hybridized carbons (Fsp3) is 0.435. The summed E-state index contributed by atoms with van der Waals surface area (Å²) >= 11 is 1.44. The average molecular weight is 460 g/mol. The van der Waals surface area contributed by atoms with Crippen molar-refractivity contribution in [3.63, 3.8) is 0 Å². The van der Waals surface area contributed by atoms with Crippen molar-refractivity contribution >= 4 is 39.8 Å². The van der Waals surface area contributed by atoms with Crippen LogP contribution in [-0.2, 0) is 27.2 Å². The number of amides is 2. The lowest BCUT2D eigenvalue weighted by Crippen LogP contribution is -2.35. The number of carbonyl (C=O) groups is 3. The van der Waals surface area contributed by atoms with E-state index in [1.807, 2.05) is 12.1 Å². The van der Waals surface area contributed by atoms with Gasteiger partial charge in [-0.2, -0.15) is 0 Å². The topological polar surface area (TPSA) is 111 Å². The Morgan fingerprint density at radius 1 is 1.22 bits per heavy atom. The van der Waals surface area contributed by atoms with E-state index in [9.17, 15) is 14.4 Å². The number of anilines is 2. The smallest absolute Gasteiger partial charge is 0.341 e. The molecule has 8 nitrogen and oxygen atoms in total. The van der Waals surface area contributed by atoms with Crippen molar-refractivity contribution < 1.29 is 23.9 Å². The molecule has 2 aromatic rings. The van der Waals surface area contributed by atoms with Crippen molar-refractivity contribution in [3.05, 3.63) is 40.3 Å².